The molecule has 0 aromatic rings. The highest BCUT2D eigenvalue weighted by Gasteiger charge is 2.33. The molecular formula is C6H13O4P. The zero-order valence-electron chi connectivity index (χ0n) is 6.78. The van der Waals surface area contributed by atoms with Crippen LogP contribution in [0, 0.1) is 0 Å². The fourth-order valence-electron chi connectivity index (χ4n) is 0.691. The summed E-state index contributed by atoms with van der Waals surface area (Å²) in [4.78, 5) is 0. The highest BCUT2D eigenvalue weighted by Crippen LogP contribution is 2.53. The average Bonchev–Trinajstić information content (AvgIpc) is 2.36. The molecule has 0 aliphatic carbocycles. The topological polar surface area (TPSA) is 44.8 Å². The quantitative estimate of drug-likeness (QED) is 0.622. The molecule has 1 atom stereocenters. The zero-order valence-corrected chi connectivity index (χ0v) is 7.67. The lowest BCUT2D eigenvalue weighted by molar-refractivity contribution is 0.138. The Bertz CT molecular complexity index is 160. The molecular weight excluding hydrogens is 167 g/mol. The summed E-state index contributed by atoms with van der Waals surface area (Å²) >= 11 is 0. The molecule has 1 rings (SSSR count). The predicted molar refractivity (Wildman–Crippen MR) is 40.3 cm³/mol. The molecule has 0 aromatic carbocycles. The monoisotopic (exact) mass is 180 g/mol. The summed E-state index contributed by atoms with van der Waals surface area (Å²) in [7, 11) is -3.14. The molecule has 4 nitrogen and oxygen atoms in total. The van der Waals surface area contributed by atoms with Gasteiger partial charge in [-0.3, -0.25) is 13.6 Å². The average molecular weight is 180 g/mol. The molecule has 0 radical (unpaired) electrons. The lowest BCUT2D eigenvalue weighted by Crippen LogP contribution is -2.04. The van der Waals surface area contributed by atoms with Crippen LogP contribution in [-0.2, 0) is 18.1 Å². The first-order valence-electron chi connectivity index (χ1n) is 3.74. The molecule has 1 unspecified atom stereocenters. The Hall–Kier alpha value is 0.110. The van der Waals surface area contributed by atoms with Gasteiger partial charge in [0.2, 0.25) is 0 Å². The van der Waals surface area contributed by atoms with E-state index in [1.54, 1.807) is 0 Å². The molecule has 1 aliphatic rings. The van der Waals surface area contributed by atoms with E-state index in [0.717, 1.165) is 6.42 Å². The lowest BCUT2D eigenvalue weighted by Gasteiger charge is -2.13. The van der Waals surface area contributed by atoms with E-state index in [-0.39, 0.29) is 6.10 Å². The van der Waals surface area contributed by atoms with Gasteiger partial charge in [-0.25, -0.2) is 4.57 Å². The molecule has 66 valence electrons. The molecule has 5 heteroatoms. The Morgan fingerprint density at radius 3 is 2.55 bits per heavy atom. The molecule has 0 saturated carbocycles. The van der Waals surface area contributed by atoms with Crippen LogP contribution in [0.1, 0.15) is 20.3 Å². The van der Waals surface area contributed by atoms with E-state index >= 15 is 0 Å². The maximum absolute atomic E-state index is 11.3. The fourth-order valence-corrected chi connectivity index (χ4v) is 2.07. The van der Waals surface area contributed by atoms with Crippen molar-refractivity contribution in [3.63, 3.8) is 0 Å². The van der Waals surface area contributed by atoms with Crippen LogP contribution in [0.15, 0.2) is 0 Å². The summed E-state index contributed by atoms with van der Waals surface area (Å²) in [5.74, 6) is 0. The Kier molecular flexibility index (Phi) is 3.07. The summed E-state index contributed by atoms with van der Waals surface area (Å²) in [5.41, 5.74) is 0. The second-order valence-corrected chi connectivity index (χ2v) is 4.06. The van der Waals surface area contributed by atoms with E-state index < -0.39 is 7.82 Å². The third-order valence-electron chi connectivity index (χ3n) is 1.47. The van der Waals surface area contributed by atoms with Gasteiger partial charge in [0, 0.05) is 0 Å². The van der Waals surface area contributed by atoms with Crippen LogP contribution in [0.25, 0.3) is 0 Å². The third kappa shape index (κ3) is 2.56. The summed E-state index contributed by atoms with van der Waals surface area (Å²) in [6.07, 6.45) is 0.732. The maximum atomic E-state index is 11.3. The van der Waals surface area contributed by atoms with Crippen LogP contribution >= 0.6 is 7.82 Å². The van der Waals surface area contributed by atoms with Crippen molar-refractivity contribution in [1.82, 2.24) is 0 Å². The molecule has 1 heterocycles. The van der Waals surface area contributed by atoms with Gasteiger partial charge in [-0.1, -0.05) is 6.92 Å². The van der Waals surface area contributed by atoms with Crippen molar-refractivity contribution in [3.05, 3.63) is 0 Å². The lowest BCUT2D eigenvalue weighted by atomic mass is 10.3. The first-order valence-corrected chi connectivity index (χ1v) is 5.20. The summed E-state index contributed by atoms with van der Waals surface area (Å²) in [5, 5.41) is 0. The summed E-state index contributed by atoms with van der Waals surface area (Å²) in [6, 6.07) is 0. The summed E-state index contributed by atoms with van der Waals surface area (Å²) < 4.78 is 26.0. The van der Waals surface area contributed by atoms with Gasteiger partial charge in [0.1, 0.15) is 0 Å². The van der Waals surface area contributed by atoms with E-state index in [0.29, 0.717) is 13.2 Å². The van der Waals surface area contributed by atoms with Crippen LogP contribution in [-0.4, -0.2) is 19.3 Å². The van der Waals surface area contributed by atoms with Crippen LogP contribution in [0.4, 0.5) is 0 Å². The SMILES string of the molecule is CCC(C)OP1(=O)OCCO1. The minimum Gasteiger partial charge on any atom is -0.284 e. The van der Waals surface area contributed by atoms with E-state index in [1.165, 1.54) is 0 Å². The Labute approximate surface area is 66.4 Å². The van der Waals surface area contributed by atoms with E-state index in [2.05, 4.69) is 0 Å². The largest absolute Gasteiger partial charge is 0.475 e. The van der Waals surface area contributed by atoms with Crippen molar-refractivity contribution in [2.24, 2.45) is 0 Å². The number of rotatable bonds is 3. The molecule has 1 fully saturated rings. The molecule has 0 aromatic heterocycles. The van der Waals surface area contributed by atoms with Crippen molar-refractivity contribution >= 4 is 7.82 Å². The molecule has 0 bridgehead atoms. The van der Waals surface area contributed by atoms with E-state index in [4.69, 9.17) is 13.6 Å². The molecule has 1 saturated heterocycles. The molecule has 0 spiro atoms. The molecule has 11 heavy (non-hydrogen) atoms. The highest BCUT2D eigenvalue weighted by molar-refractivity contribution is 7.48. The third-order valence-corrected chi connectivity index (χ3v) is 3.08. The van der Waals surface area contributed by atoms with Crippen molar-refractivity contribution in [2.75, 3.05) is 13.2 Å². The molecule has 0 amide bonds. The number of hydrogen-bond donors (Lipinski definition) is 0. The van der Waals surface area contributed by atoms with Gasteiger partial charge in [-0.2, -0.15) is 0 Å². The fraction of sp³-hybridized carbons (Fsp3) is 1.00. The van der Waals surface area contributed by atoms with E-state index in [1.807, 2.05) is 13.8 Å². The van der Waals surface area contributed by atoms with Gasteiger partial charge in [0.15, 0.2) is 0 Å². The summed E-state index contributed by atoms with van der Waals surface area (Å²) in [6.45, 7) is 4.53. The van der Waals surface area contributed by atoms with Gasteiger partial charge in [0.05, 0.1) is 19.3 Å². The number of hydrogen-bond acceptors (Lipinski definition) is 4. The first-order chi connectivity index (χ1) is 5.16. The van der Waals surface area contributed by atoms with Crippen LogP contribution in [0.5, 0.6) is 0 Å². The van der Waals surface area contributed by atoms with Crippen LogP contribution in [0.2, 0.25) is 0 Å². The molecule has 1 aliphatic heterocycles. The minimum atomic E-state index is -3.14. The van der Waals surface area contributed by atoms with Gasteiger partial charge in [0.25, 0.3) is 0 Å². The van der Waals surface area contributed by atoms with Crippen molar-refractivity contribution in [2.45, 2.75) is 26.4 Å². The van der Waals surface area contributed by atoms with Crippen LogP contribution in [0.3, 0.4) is 0 Å². The predicted octanol–water partition coefficient (Wildman–Crippen LogP) is 1.96. The highest BCUT2D eigenvalue weighted by atomic mass is 31.2. The maximum Gasteiger partial charge on any atom is 0.475 e. The smallest absolute Gasteiger partial charge is 0.284 e. The van der Waals surface area contributed by atoms with Gasteiger partial charge in [-0.05, 0) is 13.3 Å². The normalized spacial score (nSPS) is 25.3. The van der Waals surface area contributed by atoms with Gasteiger partial charge < -0.3 is 0 Å². The minimum absolute atomic E-state index is 0.0704. The standard InChI is InChI=1S/C6H13O4P/c1-3-6(2)10-11(7)8-4-5-9-11/h6H,3-5H2,1-2H3. The van der Waals surface area contributed by atoms with E-state index in [9.17, 15) is 4.57 Å². The molecule has 0 N–H and O–H groups in total. The number of phosphoric acid groups is 1. The second kappa shape index (κ2) is 3.68. The van der Waals surface area contributed by atoms with Gasteiger partial charge in [-0.15, -0.1) is 0 Å². The Morgan fingerprint density at radius 1 is 1.55 bits per heavy atom. The number of phosphoric ester groups is 1. The van der Waals surface area contributed by atoms with Gasteiger partial charge >= 0.3 is 7.82 Å². The second-order valence-electron chi connectivity index (χ2n) is 2.44. The van der Waals surface area contributed by atoms with Crippen molar-refractivity contribution in [3.8, 4) is 0 Å². The zero-order chi connectivity index (χ0) is 8.32. The van der Waals surface area contributed by atoms with Crippen molar-refractivity contribution in [1.29, 1.82) is 0 Å². The van der Waals surface area contributed by atoms with Crippen molar-refractivity contribution < 1.29 is 18.1 Å². The Morgan fingerprint density at radius 2 is 2.09 bits per heavy atom. The first kappa shape index (κ1) is 9.20. The van der Waals surface area contributed by atoms with Crippen LogP contribution < -0.4 is 0 Å². The Balaban J connectivity index is 2.40.